The minimum atomic E-state index is -0.260. The van der Waals surface area contributed by atoms with Gasteiger partial charge >= 0.3 is 0 Å². The fraction of sp³-hybridized carbons (Fsp3) is 0.160. The highest BCUT2D eigenvalue weighted by Gasteiger charge is 2.10. The van der Waals surface area contributed by atoms with E-state index in [1.54, 1.807) is 25.4 Å². The second-order valence-corrected chi connectivity index (χ2v) is 7.09. The van der Waals surface area contributed by atoms with Crippen LogP contribution in [-0.4, -0.2) is 12.1 Å². The van der Waals surface area contributed by atoms with Crippen LogP contribution in [0.2, 0.25) is 0 Å². The Bertz CT molecular complexity index is 1120. The van der Waals surface area contributed by atoms with Gasteiger partial charge in [0.15, 0.2) is 0 Å². The Labute approximate surface area is 168 Å². The average molecular weight is 389 g/mol. The third-order valence-electron chi connectivity index (χ3n) is 5.06. The van der Waals surface area contributed by atoms with Crippen molar-refractivity contribution >= 4 is 10.8 Å². The molecule has 0 radical (unpaired) electrons. The fourth-order valence-corrected chi connectivity index (χ4v) is 3.47. The van der Waals surface area contributed by atoms with E-state index in [4.69, 9.17) is 4.74 Å². The van der Waals surface area contributed by atoms with Crippen molar-refractivity contribution in [2.75, 3.05) is 7.11 Å². The summed E-state index contributed by atoms with van der Waals surface area (Å²) in [5.41, 5.74) is 4.45. The van der Waals surface area contributed by atoms with E-state index < -0.39 is 0 Å². The summed E-state index contributed by atoms with van der Waals surface area (Å²) in [5.74, 6) is -0.455. The van der Waals surface area contributed by atoms with Gasteiger partial charge in [0.25, 0.3) is 0 Å². The number of nitrogens with zero attached hydrogens (tertiary/aromatic N) is 1. The molecule has 29 heavy (non-hydrogen) atoms. The van der Waals surface area contributed by atoms with Crippen LogP contribution in [0.1, 0.15) is 16.7 Å². The van der Waals surface area contributed by atoms with Gasteiger partial charge in [0.1, 0.15) is 11.6 Å². The molecule has 2 nitrogen and oxygen atoms in total. The van der Waals surface area contributed by atoms with E-state index in [0.717, 1.165) is 27.8 Å². The van der Waals surface area contributed by atoms with Crippen molar-refractivity contribution in [1.82, 2.24) is 4.98 Å². The van der Waals surface area contributed by atoms with Crippen LogP contribution in [0.4, 0.5) is 8.78 Å². The standard InChI is InChI=1S/C25H21F2NO/c1-29-16-18-5-13-24(28-15-18)21-9-12-23-20(14-21)8-7-19(25(23)27)6-2-17-3-10-22(26)11-4-17/h3-5,7-15H,2,6,16H2,1H3. The van der Waals surface area contributed by atoms with Crippen molar-refractivity contribution in [3.05, 3.63) is 101 Å². The maximum absolute atomic E-state index is 15.0. The summed E-state index contributed by atoms with van der Waals surface area (Å²) in [6.07, 6.45) is 3.03. The van der Waals surface area contributed by atoms with E-state index in [9.17, 15) is 4.39 Å². The molecule has 0 atom stereocenters. The summed E-state index contributed by atoms with van der Waals surface area (Å²) in [6, 6.07) is 19.7. The Morgan fingerprint density at radius 3 is 2.34 bits per heavy atom. The Hall–Kier alpha value is -3.11. The molecule has 0 spiro atoms. The van der Waals surface area contributed by atoms with Crippen LogP contribution in [-0.2, 0) is 24.2 Å². The first-order valence-electron chi connectivity index (χ1n) is 9.54. The summed E-state index contributed by atoms with van der Waals surface area (Å²) < 4.78 is 33.2. The van der Waals surface area contributed by atoms with Crippen LogP contribution in [0, 0.1) is 11.6 Å². The van der Waals surface area contributed by atoms with E-state index in [-0.39, 0.29) is 11.6 Å². The van der Waals surface area contributed by atoms with E-state index >= 15 is 4.39 Å². The number of pyridine rings is 1. The highest BCUT2D eigenvalue weighted by Crippen LogP contribution is 2.27. The average Bonchev–Trinajstić information content (AvgIpc) is 2.75. The topological polar surface area (TPSA) is 22.1 Å². The molecule has 1 heterocycles. The van der Waals surface area contributed by atoms with Crippen LogP contribution >= 0.6 is 0 Å². The maximum atomic E-state index is 15.0. The van der Waals surface area contributed by atoms with Gasteiger partial charge in [0.2, 0.25) is 0 Å². The predicted molar refractivity (Wildman–Crippen MR) is 112 cm³/mol. The van der Waals surface area contributed by atoms with Crippen molar-refractivity contribution < 1.29 is 13.5 Å². The molecule has 0 saturated carbocycles. The lowest BCUT2D eigenvalue weighted by Gasteiger charge is -2.09. The third kappa shape index (κ3) is 4.33. The number of aryl methyl sites for hydroxylation is 2. The Morgan fingerprint density at radius 2 is 1.62 bits per heavy atom. The van der Waals surface area contributed by atoms with Crippen molar-refractivity contribution in [1.29, 1.82) is 0 Å². The second kappa shape index (κ2) is 8.50. The molecule has 4 heteroatoms. The first kappa shape index (κ1) is 19.2. The number of benzene rings is 3. The highest BCUT2D eigenvalue weighted by atomic mass is 19.1. The molecule has 146 valence electrons. The Morgan fingerprint density at radius 1 is 0.828 bits per heavy atom. The van der Waals surface area contributed by atoms with E-state index in [1.165, 1.54) is 12.1 Å². The van der Waals surface area contributed by atoms with Crippen molar-refractivity contribution in [3.63, 3.8) is 0 Å². The van der Waals surface area contributed by atoms with Gasteiger partial charge in [-0.05, 0) is 59.2 Å². The molecule has 0 amide bonds. The smallest absolute Gasteiger partial charge is 0.134 e. The fourth-order valence-electron chi connectivity index (χ4n) is 3.47. The zero-order valence-electron chi connectivity index (χ0n) is 16.2. The normalized spacial score (nSPS) is 11.1. The molecule has 0 saturated heterocycles. The first-order chi connectivity index (χ1) is 14.1. The molecule has 4 aromatic rings. The number of halogens is 2. The number of methoxy groups -OCH3 is 1. The lowest BCUT2D eigenvalue weighted by Crippen LogP contribution is -1.96. The predicted octanol–water partition coefficient (Wildman–Crippen LogP) is 6.11. The number of fused-ring (bicyclic) bond motifs is 1. The minimum absolute atomic E-state index is 0.195. The molecule has 0 bridgehead atoms. The van der Waals surface area contributed by atoms with Crippen LogP contribution in [0.3, 0.4) is 0 Å². The molecule has 0 aliphatic rings. The van der Waals surface area contributed by atoms with E-state index in [2.05, 4.69) is 4.98 Å². The van der Waals surface area contributed by atoms with Crippen LogP contribution in [0.5, 0.6) is 0 Å². The minimum Gasteiger partial charge on any atom is -0.380 e. The number of hydrogen-bond donors (Lipinski definition) is 0. The summed E-state index contributed by atoms with van der Waals surface area (Å²) >= 11 is 0. The molecule has 0 N–H and O–H groups in total. The first-order valence-corrected chi connectivity index (χ1v) is 9.54. The van der Waals surface area contributed by atoms with Gasteiger partial charge in [0.05, 0.1) is 12.3 Å². The van der Waals surface area contributed by atoms with Gasteiger partial charge in [-0.3, -0.25) is 4.98 Å². The largest absolute Gasteiger partial charge is 0.380 e. The SMILES string of the molecule is COCc1ccc(-c2ccc3c(F)c(CCc4ccc(F)cc4)ccc3c2)nc1. The molecule has 0 unspecified atom stereocenters. The lowest BCUT2D eigenvalue weighted by atomic mass is 9.98. The summed E-state index contributed by atoms with van der Waals surface area (Å²) in [4.78, 5) is 4.48. The highest BCUT2D eigenvalue weighted by molar-refractivity contribution is 5.88. The molecule has 1 aromatic heterocycles. The number of rotatable bonds is 6. The maximum Gasteiger partial charge on any atom is 0.134 e. The Kier molecular flexibility index (Phi) is 5.63. The third-order valence-corrected chi connectivity index (χ3v) is 5.06. The molecular weight excluding hydrogens is 368 g/mol. The quantitative estimate of drug-likeness (QED) is 0.397. The van der Waals surface area contributed by atoms with Gasteiger partial charge in [-0.15, -0.1) is 0 Å². The van der Waals surface area contributed by atoms with Gasteiger partial charge in [-0.2, -0.15) is 0 Å². The molecule has 4 rings (SSSR count). The number of hydrogen-bond acceptors (Lipinski definition) is 2. The Balaban J connectivity index is 1.57. The second-order valence-electron chi connectivity index (χ2n) is 7.09. The molecule has 0 aliphatic carbocycles. The van der Waals surface area contributed by atoms with Crippen molar-refractivity contribution in [2.24, 2.45) is 0 Å². The van der Waals surface area contributed by atoms with Gasteiger partial charge in [-0.25, -0.2) is 8.78 Å². The number of ether oxygens (including phenoxy) is 1. The van der Waals surface area contributed by atoms with Crippen LogP contribution in [0.25, 0.3) is 22.0 Å². The van der Waals surface area contributed by atoms with Crippen molar-refractivity contribution in [3.8, 4) is 11.3 Å². The van der Waals surface area contributed by atoms with Gasteiger partial charge in [-0.1, -0.05) is 42.5 Å². The zero-order valence-corrected chi connectivity index (χ0v) is 16.2. The van der Waals surface area contributed by atoms with E-state index in [1.807, 2.05) is 42.5 Å². The molecular formula is C25H21F2NO. The van der Waals surface area contributed by atoms with Gasteiger partial charge < -0.3 is 4.74 Å². The summed E-state index contributed by atoms with van der Waals surface area (Å²) in [5, 5.41) is 1.44. The summed E-state index contributed by atoms with van der Waals surface area (Å²) in [7, 11) is 1.65. The molecule has 0 aliphatic heterocycles. The van der Waals surface area contributed by atoms with Crippen LogP contribution < -0.4 is 0 Å². The molecule has 0 fully saturated rings. The van der Waals surface area contributed by atoms with Crippen molar-refractivity contribution in [2.45, 2.75) is 19.4 Å². The van der Waals surface area contributed by atoms with Gasteiger partial charge in [0, 0.05) is 24.3 Å². The molecule has 3 aromatic carbocycles. The zero-order chi connectivity index (χ0) is 20.2. The van der Waals surface area contributed by atoms with Crippen LogP contribution in [0.15, 0.2) is 72.9 Å². The summed E-state index contributed by atoms with van der Waals surface area (Å²) in [6.45, 7) is 0.525. The lowest BCUT2D eigenvalue weighted by molar-refractivity contribution is 0.184. The number of aromatic nitrogens is 1. The monoisotopic (exact) mass is 389 g/mol. The van der Waals surface area contributed by atoms with E-state index in [0.29, 0.717) is 30.4 Å².